The molecule has 1 heterocycles. The predicted molar refractivity (Wildman–Crippen MR) is 80.4 cm³/mol. The van der Waals surface area contributed by atoms with Crippen LogP contribution in [0.1, 0.15) is 18.9 Å². The Bertz CT molecular complexity index is 583. The molecular formula is C13H15ClN4OS. The number of ether oxygens (including phenoxy) is 1. The summed E-state index contributed by atoms with van der Waals surface area (Å²) in [5.41, 5.74) is 5.82. The van der Waals surface area contributed by atoms with Crippen molar-refractivity contribution in [1.82, 2.24) is 14.8 Å². The van der Waals surface area contributed by atoms with Gasteiger partial charge in [-0.25, -0.2) is 0 Å². The molecule has 1 aromatic heterocycles. The van der Waals surface area contributed by atoms with E-state index in [1.54, 1.807) is 11.8 Å². The van der Waals surface area contributed by atoms with E-state index < -0.39 is 0 Å². The molecule has 2 aromatic rings. The lowest BCUT2D eigenvalue weighted by Crippen LogP contribution is -2.04. The van der Waals surface area contributed by atoms with E-state index in [0.717, 1.165) is 29.5 Å². The fraction of sp³-hybridized carbons (Fsp3) is 0.385. The molecule has 0 aliphatic heterocycles. The van der Waals surface area contributed by atoms with Crippen LogP contribution in [0.25, 0.3) is 0 Å². The Labute approximate surface area is 126 Å². The zero-order valence-electron chi connectivity index (χ0n) is 10.8. The molecule has 0 saturated heterocycles. The summed E-state index contributed by atoms with van der Waals surface area (Å²) < 4.78 is 7.66. The lowest BCUT2D eigenvalue weighted by atomic mass is 10.3. The Hall–Kier alpha value is -1.40. The maximum atomic E-state index is 5.82. The highest BCUT2D eigenvalue weighted by Crippen LogP contribution is 2.39. The molecular weight excluding hydrogens is 296 g/mol. The molecule has 20 heavy (non-hydrogen) atoms. The average molecular weight is 311 g/mol. The fourth-order valence-corrected chi connectivity index (χ4v) is 2.84. The van der Waals surface area contributed by atoms with E-state index in [1.807, 2.05) is 28.8 Å². The summed E-state index contributed by atoms with van der Waals surface area (Å²) in [7, 11) is 0. The van der Waals surface area contributed by atoms with Crippen LogP contribution in [-0.4, -0.2) is 27.1 Å². The van der Waals surface area contributed by atoms with E-state index in [2.05, 4.69) is 10.2 Å². The summed E-state index contributed by atoms with van der Waals surface area (Å²) in [5.74, 6) is 2.12. The highest BCUT2D eigenvalue weighted by Gasteiger charge is 2.28. The van der Waals surface area contributed by atoms with Crippen LogP contribution in [-0.2, 0) is 0 Å². The van der Waals surface area contributed by atoms with Crippen molar-refractivity contribution in [2.45, 2.75) is 24.0 Å². The van der Waals surface area contributed by atoms with E-state index in [1.165, 1.54) is 0 Å². The number of hydrogen-bond donors (Lipinski definition) is 1. The van der Waals surface area contributed by atoms with Crippen molar-refractivity contribution >= 4 is 29.3 Å². The second-order valence-electron chi connectivity index (χ2n) is 4.59. The van der Waals surface area contributed by atoms with Crippen molar-refractivity contribution < 1.29 is 4.74 Å². The largest absolute Gasteiger partial charge is 0.493 e. The summed E-state index contributed by atoms with van der Waals surface area (Å²) in [5, 5.41) is 9.64. The van der Waals surface area contributed by atoms with Gasteiger partial charge in [-0.1, -0.05) is 23.4 Å². The number of benzene rings is 1. The van der Waals surface area contributed by atoms with Gasteiger partial charge in [0.2, 0.25) is 5.95 Å². The Morgan fingerprint density at radius 3 is 2.75 bits per heavy atom. The number of aromatic nitrogens is 3. The minimum absolute atomic E-state index is 0.490. The van der Waals surface area contributed by atoms with E-state index in [0.29, 0.717) is 23.6 Å². The van der Waals surface area contributed by atoms with Gasteiger partial charge in [-0.15, -0.1) is 10.2 Å². The molecule has 0 bridgehead atoms. The van der Waals surface area contributed by atoms with E-state index >= 15 is 0 Å². The number of hydrogen-bond acceptors (Lipinski definition) is 5. The van der Waals surface area contributed by atoms with Crippen LogP contribution in [0.3, 0.4) is 0 Å². The van der Waals surface area contributed by atoms with E-state index in [4.69, 9.17) is 22.1 Å². The maximum absolute atomic E-state index is 5.82. The average Bonchev–Trinajstić information content (AvgIpc) is 3.21. The first-order chi connectivity index (χ1) is 9.74. The summed E-state index contributed by atoms with van der Waals surface area (Å²) >= 11 is 7.44. The molecule has 1 fully saturated rings. The molecule has 2 N–H and O–H groups in total. The molecule has 106 valence electrons. The van der Waals surface area contributed by atoms with Crippen molar-refractivity contribution in [2.24, 2.45) is 0 Å². The van der Waals surface area contributed by atoms with Crippen molar-refractivity contribution in [2.75, 3.05) is 18.1 Å². The molecule has 0 unspecified atom stereocenters. The number of anilines is 1. The van der Waals surface area contributed by atoms with Crippen molar-refractivity contribution in [3.63, 3.8) is 0 Å². The smallest absolute Gasteiger partial charge is 0.222 e. The Kier molecular flexibility index (Phi) is 4.03. The Morgan fingerprint density at radius 2 is 2.05 bits per heavy atom. The van der Waals surface area contributed by atoms with Gasteiger partial charge in [0.05, 0.1) is 6.61 Å². The summed E-state index contributed by atoms with van der Waals surface area (Å²) in [6.45, 7) is 0.601. The number of halogens is 1. The van der Waals surface area contributed by atoms with Gasteiger partial charge in [-0.2, -0.15) is 0 Å². The van der Waals surface area contributed by atoms with Crippen LogP contribution in [0.15, 0.2) is 29.4 Å². The lowest BCUT2D eigenvalue weighted by Gasteiger charge is -2.07. The van der Waals surface area contributed by atoms with Crippen LogP contribution in [0, 0.1) is 0 Å². The zero-order chi connectivity index (χ0) is 13.9. The lowest BCUT2D eigenvalue weighted by molar-refractivity contribution is 0.344. The standard InChI is InChI=1S/C13H15ClN4OS/c14-9-1-5-11(6-2-9)19-7-8-20-13-17-16-12(15)18(13)10-3-4-10/h1-2,5-6,10H,3-4,7-8H2,(H2,15,16). The predicted octanol–water partition coefficient (Wildman–Crippen LogP) is 3.02. The van der Waals surface area contributed by atoms with Gasteiger partial charge in [0.15, 0.2) is 5.16 Å². The minimum atomic E-state index is 0.490. The number of nitrogens with zero attached hydrogens (tertiary/aromatic N) is 3. The van der Waals surface area contributed by atoms with Gasteiger partial charge >= 0.3 is 0 Å². The topological polar surface area (TPSA) is 66.0 Å². The highest BCUT2D eigenvalue weighted by atomic mass is 35.5. The summed E-state index contributed by atoms with van der Waals surface area (Å²) in [4.78, 5) is 0. The first kappa shape index (κ1) is 13.6. The highest BCUT2D eigenvalue weighted by molar-refractivity contribution is 7.99. The molecule has 0 radical (unpaired) electrons. The molecule has 0 spiro atoms. The third kappa shape index (κ3) is 3.19. The molecule has 3 rings (SSSR count). The second-order valence-corrected chi connectivity index (χ2v) is 6.09. The number of nitrogens with two attached hydrogens (primary N) is 1. The molecule has 1 saturated carbocycles. The quantitative estimate of drug-likeness (QED) is 0.656. The fourth-order valence-electron chi connectivity index (χ4n) is 1.89. The van der Waals surface area contributed by atoms with E-state index in [9.17, 15) is 0 Å². The molecule has 1 aliphatic rings. The Balaban J connectivity index is 1.49. The van der Waals surface area contributed by atoms with Crippen molar-refractivity contribution in [3.8, 4) is 5.75 Å². The molecule has 1 aromatic carbocycles. The van der Waals surface area contributed by atoms with Gasteiger partial charge in [-0.05, 0) is 37.1 Å². The van der Waals surface area contributed by atoms with Crippen LogP contribution in [0.2, 0.25) is 5.02 Å². The first-order valence-electron chi connectivity index (χ1n) is 6.45. The maximum Gasteiger partial charge on any atom is 0.222 e. The van der Waals surface area contributed by atoms with Crippen LogP contribution in [0.4, 0.5) is 5.95 Å². The molecule has 7 heteroatoms. The monoisotopic (exact) mass is 310 g/mol. The molecule has 5 nitrogen and oxygen atoms in total. The third-order valence-electron chi connectivity index (χ3n) is 3.00. The van der Waals surface area contributed by atoms with Crippen molar-refractivity contribution in [1.29, 1.82) is 0 Å². The molecule has 0 atom stereocenters. The van der Waals surface area contributed by atoms with Crippen LogP contribution >= 0.6 is 23.4 Å². The number of nitrogen functional groups attached to an aromatic ring is 1. The van der Waals surface area contributed by atoms with Gasteiger partial charge in [0.25, 0.3) is 0 Å². The SMILES string of the molecule is Nc1nnc(SCCOc2ccc(Cl)cc2)n1C1CC1. The molecule has 0 amide bonds. The van der Waals surface area contributed by atoms with Crippen LogP contribution in [0.5, 0.6) is 5.75 Å². The normalized spacial score (nSPS) is 14.4. The summed E-state index contributed by atoms with van der Waals surface area (Å²) in [6.07, 6.45) is 2.33. The van der Waals surface area contributed by atoms with Crippen LogP contribution < -0.4 is 10.5 Å². The zero-order valence-corrected chi connectivity index (χ0v) is 12.4. The number of rotatable bonds is 6. The first-order valence-corrected chi connectivity index (χ1v) is 7.82. The molecule has 1 aliphatic carbocycles. The van der Waals surface area contributed by atoms with Gasteiger partial charge in [0.1, 0.15) is 5.75 Å². The van der Waals surface area contributed by atoms with Crippen molar-refractivity contribution in [3.05, 3.63) is 29.3 Å². The number of thioether (sulfide) groups is 1. The second kappa shape index (κ2) is 5.93. The minimum Gasteiger partial charge on any atom is -0.493 e. The van der Waals surface area contributed by atoms with E-state index in [-0.39, 0.29) is 0 Å². The van der Waals surface area contributed by atoms with Gasteiger partial charge in [0, 0.05) is 16.8 Å². The third-order valence-corrected chi connectivity index (χ3v) is 4.16. The van der Waals surface area contributed by atoms with Gasteiger partial charge in [-0.3, -0.25) is 4.57 Å². The summed E-state index contributed by atoms with van der Waals surface area (Å²) in [6, 6.07) is 7.84. The Morgan fingerprint density at radius 1 is 1.30 bits per heavy atom. The van der Waals surface area contributed by atoms with Gasteiger partial charge < -0.3 is 10.5 Å².